The van der Waals surface area contributed by atoms with Crippen LogP contribution in [0.4, 0.5) is 11.8 Å². The second-order valence-corrected chi connectivity index (χ2v) is 10.6. The van der Waals surface area contributed by atoms with Gasteiger partial charge in [0.2, 0.25) is 5.95 Å². The summed E-state index contributed by atoms with van der Waals surface area (Å²) in [5.74, 6) is 3.95. The first-order chi connectivity index (χ1) is 21.2. The maximum Gasteiger partial charge on any atom is 0.227 e. The molecule has 7 rings (SSSR count). The lowest BCUT2D eigenvalue weighted by atomic mass is 10.1. The van der Waals surface area contributed by atoms with Gasteiger partial charge >= 0.3 is 0 Å². The number of rotatable bonds is 10. The Morgan fingerprint density at radius 2 is 1.35 bits per heavy atom. The fourth-order valence-electron chi connectivity index (χ4n) is 5.41. The molecule has 0 bridgehead atoms. The molecule has 3 heterocycles. The lowest BCUT2D eigenvalue weighted by Gasteiger charge is -2.28. The fraction of sp³-hybridized carbons (Fsp3) is 0.171. The van der Waals surface area contributed by atoms with Gasteiger partial charge in [-0.3, -0.25) is 0 Å². The summed E-state index contributed by atoms with van der Waals surface area (Å²) in [6.45, 7) is 2.79. The average Bonchev–Trinajstić information content (AvgIpc) is 3.41. The van der Waals surface area contributed by atoms with Crippen molar-refractivity contribution in [2.75, 3.05) is 23.9 Å². The van der Waals surface area contributed by atoms with Crippen LogP contribution in [0, 0.1) is 0 Å². The number of nitrogens with zero attached hydrogens (tertiary/aromatic N) is 5. The van der Waals surface area contributed by atoms with Crippen LogP contribution in [-0.4, -0.2) is 33.4 Å². The first-order valence-corrected chi connectivity index (χ1v) is 14.5. The van der Waals surface area contributed by atoms with E-state index in [1.165, 1.54) is 11.1 Å². The van der Waals surface area contributed by atoms with Crippen molar-refractivity contribution in [3.63, 3.8) is 0 Å². The van der Waals surface area contributed by atoms with E-state index < -0.39 is 0 Å². The standard InChI is InChI=1S/C35H32N6O2/c1-42-28-16-14-27(15-17-28)23-40-21-20-31-32-33(40)37-35(38-34(32)41(39-31)24-26-8-4-2-5-9-26)36-22-25-12-18-30(19-13-25)43-29-10-6-3-7-11-29/h2-19H,20-24H2,1H3,(H,36,37,38). The molecule has 0 unspecified atom stereocenters. The van der Waals surface area contributed by atoms with Crippen molar-refractivity contribution in [2.24, 2.45) is 0 Å². The molecule has 0 aliphatic carbocycles. The highest BCUT2D eigenvalue weighted by molar-refractivity contribution is 5.92. The van der Waals surface area contributed by atoms with Gasteiger partial charge in [0.15, 0.2) is 5.65 Å². The molecule has 0 saturated heterocycles. The maximum absolute atomic E-state index is 5.95. The molecule has 43 heavy (non-hydrogen) atoms. The van der Waals surface area contributed by atoms with Crippen molar-refractivity contribution < 1.29 is 9.47 Å². The van der Waals surface area contributed by atoms with Crippen LogP contribution in [0.1, 0.15) is 22.4 Å². The molecular formula is C35H32N6O2. The summed E-state index contributed by atoms with van der Waals surface area (Å²) < 4.78 is 13.3. The van der Waals surface area contributed by atoms with E-state index in [0.717, 1.165) is 64.9 Å². The van der Waals surface area contributed by atoms with Gasteiger partial charge in [0, 0.05) is 26.1 Å². The lowest BCUT2D eigenvalue weighted by Crippen LogP contribution is -2.29. The van der Waals surface area contributed by atoms with Crippen LogP contribution in [0.15, 0.2) is 109 Å². The van der Waals surface area contributed by atoms with E-state index in [1.807, 2.05) is 65.3 Å². The second-order valence-electron chi connectivity index (χ2n) is 10.6. The average molecular weight is 569 g/mol. The third-order valence-electron chi connectivity index (χ3n) is 7.62. The summed E-state index contributed by atoms with van der Waals surface area (Å²) in [4.78, 5) is 12.4. The number of hydrogen-bond donors (Lipinski definition) is 1. The predicted molar refractivity (Wildman–Crippen MR) is 169 cm³/mol. The molecule has 0 saturated carbocycles. The molecule has 0 spiro atoms. The molecule has 1 N–H and O–H groups in total. The van der Waals surface area contributed by atoms with Gasteiger partial charge in [0.05, 0.1) is 24.7 Å². The summed E-state index contributed by atoms with van der Waals surface area (Å²) in [6.07, 6.45) is 0.842. The molecule has 0 fully saturated rings. The largest absolute Gasteiger partial charge is 0.497 e. The SMILES string of the molecule is COc1ccc(CN2CCc3nn(Cc4ccccc4)c4nc(NCc5ccc(Oc6ccccc6)cc5)nc2c34)cc1. The van der Waals surface area contributed by atoms with E-state index in [-0.39, 0.29) is 0 Å². The molecule has 8 nitrogen and oxygen atoms in total. The van der Waals surface area contributed by atoms with Gasteiger partial charge in [-0.1, -0.05) is 72.8 Å². The Kier molecular flexibility index (Phi) is 7.31. The lowest BCUT2D eigenvalue weighted by molar-refractivity contribution is 0.414. The van der Waals surface area contributed by atoms with Crippen molar-refractivity contribution in [1.82, 2.24) is 19.7 Å². The Morgan fingerprint density at radius 3 is 2.09 bits per heavy atom. The smallest absolute Gasteiger partial charge is 0.227 e. The van der Waals surface area contributed by atoms with Gasteiger partial charge in [0.25, 0.3) is 0 Å². The summed E-state index contributed by atoms with van der Waals surface area (Å²) in [5.41, 5.74) is 5.37. The van der Waals surface area contributed by atoms with Gasteiger partial charge in [-0.25, -0.2) is 4.68 Å². The number of hydrogen-bond acceptors (Lipinski definition) is 7. The molecule has 2 aromatic heterocycles. The monoisotopic (exact) mass is 568 g/mol. The number of nitrogens with one attached hydrogen (secondary N) is 1. The van der Waals surface area contributed by atoms with Crippen LogP contribution in [0.5, 0.6) is 17.2 Å². The Morgan fingerprint density at radius 1 is 0.698 bits per heavy atom. The van der Waals surface area contributed by atoms with E-state index in [2.05, 4.69) is 58.7 Å². The Bertz CT molecular complexity index is 1820. The van der Waals surface area contributed by atoms with Gasteiger partial charge in [-0.05, 0) is 53.1 Å². The normalized spacial score (nSPS) is 12.3. The minimum atomic E-state index is 0.578. The third kappa shape index (κ3) is 5.85. The highest BCUT2D eigenvalue weighted by Gasteiger charge is 2.27. The van der Waals surface area contributed by atoms with Crippen LogP contribution in [-0.2, 0) is 26.1 Å². The quantitative estimate of drug-likeness (QED) is 0.194. The number of para-hydroxylation sites is 1. The molecule has 1 aliphatic rings. The summed E-state index contributed by atoms with van der Waals surface area (Å²) in [7, 11) is 1.69. The van der Waals surface area contributed by atoms with Crippen molar-refractivity contribution in [3.05, 3.63) is 132 Å². The predicted octanol–water partition coefficient (Wildman–Crippen LogP) is 6.85. The van der Waals surface area contributed by atoms with Gasteiger partial charge in [0.1, 0.15) is 23.1 Å². The minimum Gasteiger partial charge on any atom is -0.497 e. The Balaban J connectivity index is 1.17. The number of ether oxygens (including phenoxy) is 2. The Labute approximate surface area is 250 Å². The maximum atomic E-state index is 5.95. The molecule has 1 aliphatic heterocycles. The summed E-state index contributed by atoms with van der Waals surface area (Å²) in [5, 5.41) is 9.52. The topological polar surface area (TPSA) is 77.3 Å². The molecule has 214 valence electrons. The van der Waals surface area contributed by atoms with Gasteiger partial charge in [-0.2, -0.15) is 15.1 Å². The zero-order valence-corrected chi connectivity index (χ0v) is 24.0. The molecule has 0 atom stereocenters. The van der Waals surface area contributed by atoms with Crippen molar-refractivity contribution in [3.8, 4) is 17.2 Å². The minimum absolute atomic E-state index is 0.578. The van der Waals surface area contributed by atoms with E-state index in [0.29, 0.717) is 19.0 Å². The second kappa shape index (κ2) is 11.9. The molecule has 0 amide bonds. The first kappa shape index (κ1) is 26.5. The van der Waals surface area contributed by atoms with Crippen molar-refractivity contribution in [2.45, 2.75) is 26.1 Å². The van der Waals surface area contributed by atoms with Crippen molar-refractivity contribution in [1.29, 1.82) is 0 Å². The molecule has 0 radical (unpaired) electrons. The highest BCUT2D eigenvalue weighted by atomic mass is 16.5. The van der Waals surface area contributed by atoms with Crippen LogP contribution in [0.25, 0.3) is 11.0 Å². The third-order valence-corrected chi connectivity index (χ3v) is 7.62. The van der Waals surface area contributed by atoms with Gasteiger partial charge < -0.3 is 19.7 Å². The number of benzene rings is 4. The van der Waals surface area contributed by atoms with Crippen LogP contribution in [0.3, 0.4) is 0 Å². The van der Waals surface area contributed by atoms with E-state index in [9.17, 15) is 0 Å². The first-order valence-electron chi connectivity index (χ1n) is 14.5. The van der Waals surface area contributed by atoms with E-state index in [4.69, 9.17) is 24.5 Å². The number of aromatic nitrogens is 4. The van der Waals surface area contributed by atoms with E-state index >= 15 is 0 Å². The highest BCUT2D eigenvalue weighted by Crippen LogP contribution is 2.34. The summed E-state index contributed by atoms with van der Waals surface area (Å²) >= 11 is 0. The van der Waals surface area contributed by atoms with E-state index in [1.54, 1.807) is 7.11 Å². The molecule has 8 heteroatoms. The zero-order valence-electron chi connectivity index (χ0n) is 24.0. The number of methoxy groups -OCH3 is 1. The molecular weight excluding hydrogens is 536 g/mol. The molecule has 4 aromatic carbocycles. The van der Waals surface area contributed by atoms with Gasteiger partial charge in [-0.15, -0.1) is 0 Å². The summed E-state index contributed by atoms with van der Waals surface area (Å²) in [6, 6.07) is 36.5. The van der Waals surface area contributed by atoms with Crippen LogP contribution in [0.2, 0.25) is 0 Å². The van der Waals surface area contributed by atoms with Crippen molar-refractivity contribution >= 4 is 22.8 Å². The Hall–Kier alpha value is -5.37. The van der Waals surface area contributed by atoms with Crippen LogP contribution < -0.4 is 19.7 Å². The zero-order chi connectivity index (χ0) is 29.0. The molecule has 6 aromatic rings. The fourth-order valence-corrected chi connectivity index (χ4v) is 5.41. The van der Waals surface area contributed by atoms with Crippen LogP contribution >= 0.6 is 0 Å². The number of anilines is 2.